The molecule has 0 saturated heterocycles. The highest BCUT2D eigenvalue weighted by molar-refractivity contribution is 4.82. The summed E-state index contributed by atoms with van der Waals surface area (Å²) in [5.74, 6) is 1.67. The van der Waals surface area contributed by atoms with Gasteiger partial charge in [-0.25, -0.2) is 0 Å². The van der Waals surface area contributed by atoms with Gasteiger partial charge in [-0.2, -0.15) is 0 Å². The van der Waals surface area contributed by atoms with E-state index >= 15 is 0 Å². The predicted octanol–water partition coefficient (Wildman–Crippen LogP) is 2.16. The van der Waals surface area contributed by atoms with Crippen LogP contribution in [0.1, 0.15) is 39.5 Å². The maximum absolute atomic E-state index is 5.96. The van der Waals surface area contributed by atoms with Crippen molar-refractivity contribution in [3.8, 4) is 0 Å². The Bertz CT molecular complexity index is 101. The van der Waals surface area contributed by atoms with Crippen LogP contribution in [0.4, 0.5) is 0 Å². The second-order valence-corrected chi connectivity index (χ2v) is 3.64. The first-order valence-electron chi connectivity index (χ1n) is 4.51. The van der Waals surface area contributed by atoms with Crippen LogP contribution in [0.15, 0.2) is 0 Å². The fraction of sp³-hybridized carbons (Fsp3) is 1.00. The van der Waals surface area contributed by atoms with Crippen LogP contribution in [0, 0.1) is 11.8 Å². The third kappa shape index (κ3) is 1.51. The van der Waals surface area contributed by atoms with Crippen LogP contribution in [0.25, 0.3) is 0 Å². The Labute approximate surface area is 64.0 Å². The fourth-order valence-electron chi connectivity index (χ4n) is 2.03. The lowest BCUT2D eigenvalue weighted by Gasteiger charge is -2.21. The van der Waals surface area contributed by atoms with Crippen molar-refractivity contribution in [3.05, 3.63) is 0 Å². The van der Waals surface area contributed by atoms with E-state index in [4.69, 9.17) is 5.73 Å². The van der Waals surface area contributed by atoms with Crippen LogP contribution < -0.4 is 5.73 Å². The minimum atomic E-state index is 0.509. The quantitative estimate of drug-likeness (QED) is 0.626. The van der Waals surface area contributed by atoms with E-state index in [2.05, 4.69) is 13.8 Å². The van der Waals surface area contributed by atoms with Gasteiger partial charge in [0.05, 0.1) is 0 Å². The smallest absolute Gasteiger partial charge is 0.00697 e. The lowest BCUT2D eigenvalue weighted by molar-refractivity contribution is 0.325. The molecule has 0 radical (unpaired) electrons. The minimum absolute atomic E-state index is 0.509. The summed E-state index contributed by atoms with van der Waals surface area (Å²) in [6, 6.07) is 0.509. The van der Waals surface area contributed by atoms with Gasteiger partial charge >= 0.3 is 0 Å². The molecule has 1 saturated carbocycles. The molecule has 0 aromatic heterocycles. The second kappa shape index (κ2) is 3.38. The number of hydrogen-bond acceptors (Lipinski definition) is 1. The lowest BCUT2D eigenvalue weighted by atomic mass is 9.88. The van der Waals surface area contributed by atoms with Crippen LogP contribution in [0.3, 0.4) is 0 Å². The highest BCUT2D eigenvalue weighted by Gasteiger charge is 2.27. The molecule has 0 spiro atoms. The lowest BCUT2D eigenvalue weighted by Crippen LogP contribution is -2.28. The Morgan fingerprint density at radius 1 is 1.50 bits per heavy atom. The van der Waals surface area contributed by atoms with E-state index in [1.807, 2.05) is 0 Å². The van der Waals surface area contributed by atoms with Crippen molar-refractivity contribution in [2.75, 3.05) is 0 Å². The number of hydrogen-bond donors (Lipinski definition) is 1. The number of rotatable bonds is 2. The highest BCUT2D eigenvalue weighted by Crippen LogP contribution is 2.31. The Morgan fingerprint density at radius 2 is 2.20 bits per heavy atom. The molecule has 3 unspecified atom stereocenters. The van der Waals surface area contributed by atoms with Crippen molar-refractivity contribution in [1.82, 2.24) is 0 Å². The first-order valence-corrected chi connectivity index (χ1v) is 4.51. The van der Waals surface area contributed by atoms with Crippen molar-refractivity contribution in [2.45, 2.75) is 45.6 Å². The van der Waals surface area contributed by atoms with Gasteiger partial charge in [0.25, 0.3) is 0 Å². The Balaban J connectivity index is 2.38. The zero-order valence-corrected chi connectivity index (χ0v) is 7.14. The molecular formula is C9H19N. The maximum Gasteiger partial charge on any atom is 0.00697 e. The fourth-order valence-corrected chi connectivity index (χ4v) is 2.03. The molecule has 0 aromatic carbocycles. The van der Waals surface area contributed by atoms with E-state index < -0.39 is 0 Å². The SMILES string of the molecule is CCC(C)C1CCCC1N. The van der Waals surface area contributed by atoms with Gasteiger partial charge in [-0.05, 0) is 24.7 Å². The predicted molar refractivity (Wildman–Crippen MR) is 44.8 cm³/mol. The third-order valence-corrected chi connectivity index (χ3v) is 3.00. The molecule has 3 atom stereocenters. The van der Waals surface area contributed by atoms with Gasteiger partial charge in [-0.1, -0.05) is 26.7 Å². The van der Waals surface area contributed by atoms with Gasteiger partial charge in [0.1, 0.15) is 0 Å². The Kier molecular flexibility index (Phi) is 2.72. The van der Waals surface area contributed by atoms with Crippen LogP contribution >= 0.6 is 0 Å². The highest BCUT2D eigenvalue weighted by atomic mass is 14.7. The van der Waals surface area contributed by atoms with E-state index in [-0.39, 0.29) is 0 Å². The summed E-state index contributed by atoms with van der Waals surface area (Å²) >= 11 is 0. The van der Waals surface area contributed by atoms with Crippen molar-refractivity contribution in [3.63, 3.8) is 0 Å². The van der Waals surface area contributed by atoms with Gasteiger partial charge in [0, 0.05) is 6.04 Å². The standard InChI is InChI=1S/C9H19N/c1-3-7(2)8-5-4-6-9(8)10/h7-9H,3-6,10H2,1-2H3. The van der Waals surface area contributed by atoms with E-state index in [1.54, 1.807) is 0 Å². The van der Waals surface area contributed by atoms with E-state index in [9.17, 15) is 0 Å². The van der Waals surface area contributed by atoms with E-state index in [0.717, 1.165) is 11.8 Å². The van der Waals surface area contributed by atoms with Crippen LogP contribution in [0.5, 0.6) is 0 Å². The Hall–Kier alpha value is -0.0400. The van der Waals surface area contributed by atoms with Crippen molar-refractivity contribution < 1.29 is 0 Å². The summed E-state index contributed by atoms with van der Waals surface area (Å²) in [6.07, 6.45) is 5.28. The van der Waals surface area contributed by atoms with Crippen LogP contribution in [0.2, 0.25) is 0 Å². The summed E-state index contributed by atoms with van der Waals surface area (Å²) < 4.78 is 0. The Morgan fingerprint density at radius 3 is 2.60 bits per heavy atom. The molecule has 10 heavy (non-hydrogen) atoms. The topological polar surface area (TPSA) is 26.0 Å². The summed E-state index contributed by atoms with van der Waals surface area (Å²) in [4.78, 5) is 0. The molecule has 1 aliphatic rings. The molecule has 0 amide bonds. The third-order valence-electron chi connectivity index (χ3n) is 3.00. The average Bonchev–Trinajstić information content (AvgIpc) is 2.34. The van der Waals surface area contributed by atoms with Crippen molar-refractivity contribution in [2.24, 2.45) is 17.6 Å². The summed E-state index contributed by atoms with van der Waals surface area (Å²) in [5.41, 5.74) is 5.96. The van der Waals surface area contributed by atoms with Gasteiger partial charge < -0.3 is 5.73 Å². The van der Waals surface area contributed by atoms with Gasteiger partial charge in [-0.15, -0.1) is 0 Å². The summed E-state index contributed by atoms with van der Waals surface area (Å²) in [7, 11) is 0. The van der Waals surface area contributed by atoms with Crippen LogP contribution in [-0.2, 0) is 0 Å². The molecule has 0 heterocycles. The average molecular weight is 141 g/mol. The van der Waals surface area contributed by atoms with Crippen molar-refractivity contribution >= 4 is 0 Å². The largest absolute Gasteiger partial charge is 0.327 e. The summed E-state index contributed by atoms with van der Waals surface area (Å²) in [6.45, 7) is 4.59. The molecule has 1 nitrogen and oxygen atoms in total. The molecule has 0 aromatic rings. The molecule has 60 valence electrons. The van der Waals surface area contributed by atoms with Crippen LogP contribution in [-0.4, -0.2) is 6.04 Å². The minimum Gasteiger partial charge on any atom is -0.327 e. The van der Waals surface area contributed by atoms with Gasteiger partial charge in [-0.3, -0.25) is 0 Å². The molecule has 0 bridgehead atoms. The second-order valence-electron chi connectivity index (χ2n) is 3.64. The maximum atomic E-state index is 5.96. The normalized spacial score (nSPS) is 36.3. The van der Waals surface area contributed by atoms with Gasteiger partial charge in [0.15, 0.2) is 0 Å². The van der Waals surface area contributed by atoms with E-state index in [0.29, 0.717) is 6.04 Å². The first kappa shape index (κ1) is 8.06. The molecule has 1 fully saturated rings. The monoisotopic (exact) mass is 141 g/mol. The zero-order chi connectivity index (χ0) is 7.56. The molecule has 1 aliphatic carbocycles. The molecular weight excluding hydrogens is 122 g/mol. The first-order chi connectivity index (χ1) is 4.75. The summed E-state index contributed by atoms with van der Waals surface area (Å²) in [5, 5.41) is 0. The van der Waals surface area contributed by atoms with Crippen molar-refractivity contribution in [1.29, 1.82) is 0 Å². The molecule has 2 N–H and O–H groups in total. The van der Waals surface area contributed by atoms with Gasteiger partial charge in [0.2, 0.25) is 0 Å². The molecule has 1 rings (SSSR count). The number of nitrogens with two attached hydrogens (primary N) is 1. The molecule has 1 heteroatoms. The zero-order valence-electron chi connectivity index (χ0n) is 7.14. The van der Waals surface area contributed by atoms with E-state index in [1.165, 1.54) is 25.7 Å². The molecule has 0 aliphatic heterocycles.